The van der Waals surface area contributed by atoms with E-state index in [4.69, 9.17) is 5.11 Å². The SMILES string of the molecule is CN1CC(CC(=O)O)N(C(C)(C)C)CC1=O. The van der Waals surface area contributed by atoms with E-state index in [1.807, 2.05) is 25.7 Å². The topological polar surface area (TPSA) is 60.9 Å². The normalized spacial score (nSPS) is 23.6. The molecule has 0 aromatic heterocycles. The Labute approximate surface area is 96.0 Å². The van der Waals surface area contributed by atoms with Gasteiger partial charge in [0.25, 0.3) is 0 Å². The second kappa shape index (κ2) is 4.41. The van der Waals surface area contributed by atoms with Gasteiger partial charge in [-0.2, -0.15) is 0 Å². The molecular weight excluding hydrogens is 208 g/mol. The van der Waals surface area contributed by atoms with Crippen LogP contribution in [0.15, 0.2) is 0 Å². The minimum Gasteiger partial charge on any atom is -0.481 e. The fourth-order valence-corrected chi connectivity index (χ4v) is 2.07. The van der Waals surface area contributed by atoms with Gasteiger partial charge in [0.1, 0.15) is 0 Å². The van der Waals surface area contributed by atoms with Crippen molar-refractivity contribution < 1.29 is 14.7 Å². The Kier molecular flexibility index (Phi) is 3.57. The fourth-order valence-electron chi connectivity index (χ4n) is 2.07. The summed E-state index contributed by atoms with van der Waals surface area (Å²) in [5.74, 6) is -0.765. The van der Waals surface area contributed by atoms with E-state index in [1.165, 1.54) is 0 Å². The number of hydrogen-bond acceptors (Lipinski definition) is 3. The molecule has 1 atom stereocenters. The number of amides is 1. The number of likely N-dealkylation sites (N-methyl/N-ethyl adjacent to an activating group) is 1. The largest absolute Gasteiger partial charge is 0.481 e. The maximum absolute atomic E-state index is 11.6. The molecule has 0 aromatic rings. The first-order valence-corrected chi connectivity index (χ1v) is 5.44. The Hall–Kier alpha value is -1.10. The molecule has 0 spiro atoms. The molecule has 0 aromatic carbocycles. The molecule has 0 bridgehead atoms. The number of carbonyl (C=O) groups is 2. The lowest BCUT2D eigenvalue weighted by Crippen LogP contribution is -2.61. The molecule has 1 unspecified atom stereocenters. The van der Waals surface area contributed by atoms with Crippen molar-refractivity contribution in [2.45, 2.75) is 38.8 Å². The highest BCUT2D eigenvalue weighted by Crippen LogP contribution is 2.22. The van der Waals surface area contributed by atoms with Crippen molar-refractivity contribution in [3.05, 3.63) is 0 Å². The van der Waals surface area contributed by atoms with Gasteiger partial charge in [-0.3, -0.25) is 14.5 Å². The highest BCUT2D eigenvalue weighted by Gasteiger charge is 2.37. The number of carboxylic acid groups (broad SMARTS) is 1. The molecule has 0 radical (unpaired) electrons. The van der Waals surface area contributed by atoms with Crippen LogP contribution in [0.5, 0.6) is 0 Å². The van der Waals surface area contributed by atoms with E-state index >= 15 is 0 Å². The molecule has 0 saturated carbocycles. The smallest absolute Gasteiger partial charge is 0.305 e. The molecule has 1 saturated heterocycles. The van der Waals surface area contributed by atoms with Crippen LogP contribution in [0.4, 0.5) is 0 Å². The second-order valence-electron chi connectivity index (χ2n) is 5.32. The van der Waals surface area contributed by atoms with Crippen molar-refractivity contribution in [1.82, 2.24) is 9.80 Å². The van der Waals surface area contributed by atoms with Gasteiger partial charge in [-0.15, -0.1) is 0 Å². The van der Waals surface area contributed by atoms with Gasteiger partial charge in [0.15, 0.2) is 0 Å². The lowest BCUT2D eigenvalue weighted by atomic mass is 9.98. The summed E-state index contributed by atoms with van der Waals surface area (Å²) in [6, 6.07) is -0.0970. The molecule has 1 fully saturated rings. The van der Waals surface area contributed by atoms with Crippen molar-refractivity contribution in [3.63, 3.8) is 0 Å². The van der Waals surface area contributed by atoms with E-state index in [1.54, 1.807) is 11.9 Å². The quantitative estimate of drug-likeness (QED) is 0.743. The van der Waals surface area contributed by atoms with Crippen LogP contribution >= 0.6 is 0 Å². The number of nitrogens with zero attached hydrogens (tertiary/aromatic N) is 2. The molecule has 0 aliphatic carbocycles. The Morgan fingerprint density at radius 2 is 2.06 bits per heavy atom. The van der Waals surface area contributed by atoms with E-state index in [2.05, 4.69) is 0 Å². The van der Waals surface area contributed by atoms with Crippen LogP contribution in [-0.4, -0.2) is 58.5 Å². The lowest BCUT2D eigenvalue weighted by molar-refractivity contribution is -0.147. The highest BCUT2D eigenvalue weighted by molar-refractivity contribution is 5.79. The summed E-state index contributed by atoms with van der Waals surface area (Å²) in [6.07, 6.45) is 0.0783. The summed E-state index contributed by atoms with van der Waals surface area (Å²) in [5.41, 5.74) is -0.183. The highest BCUT2D eigenvalue weighted by atomic mass is 16.4. The minimum absolute atomic E-state index is 0.0524. The van der Waals surface area contributed by atoms with Crippen molar-refractivity contribution in [2.24, 2.45) is 0 Å². The zero-order chi connectivity index (χ0) is 12.5. The molecule has 5 heteroatoms. The number of piperazine rings is 1. The standard InChI is InChI=1S/C11H20N2O3/c1-11(2,3)13-7-9(14)12(4)6-8(13)5-10(15)16/h8H,5-7H2,1-4H3,(H,15,16). The number of carbonyl (C=O) groups excluding carboxylic acids is 1. The van der Waals surface area contributed by atoms with Gasteiger partial charge in [-0.05, 0) is 20.8 Å². The molecule has 92 valence electrons. The maximum atomic E-state index is 11.6. The predicted molar refractivity (Wildman–Crippen MR) is 60.1 cm³/mol. The number of carboxylic acids is 1. The maximum Gasteiger partial charge on any atom is 0.305 e. The van der Waals surface area contributed by atoms with E-state index < -0.39 is 5.97 Å². The molecule has 1 heterocycles. The first-order valence-electron chi connectivity index (χ1n) is 5.44. The van der Waals surface area contributed by atoms with Crippen LogP contribution in [0, 0.1) is 0 Å². The Bertz CT molecular complexity index is 296. The molecule has 16 heavy (non-hydrogen) atoms. The van der Waals surface area contributed by atoms with Crippen LogP contribution in [0.1, 0.15) is 27.2 Å². The van der Waals surface area contributed by atoms with Gasteiger partial charge >= 0.3 is 5.97 Å². The summed E-state index contributed by atoms with van der Waals surface area (Å²) >= 11 is 0. The molecular formula is C11H20N2O3. The van der Waals surface area contributed by atoms with Gasteiger partial charge in [-0.25, -0.2) is 0 Å². The predicted octanol–water partition coefficient (Wildman–Crippen LogP) is 0.402. The zero-order valence-corrected chi connectivity index (χ0v) is 10.4. The van der Waals surface area contributed by atoms with Crippen molar-refractivity contribution in [1.29, 1.82) is 0 Å². The third-order valence-electron chi connectivity index (χ3n) is 2.93. The van der Waals surface area contributed by atoms with Crippen molar-refractivity contribution in [2.75, 3.05) is 20.1 Å². The Balaban J connectivity index is 2.83. The fraction of sp³-hybridized carbons (Fsp3) is 0.818. The second-order valence-corrected chi connectivity index (χ2v) is 5.32. The van der Waals surface area contributed by atoms with E-state index in [0.717, 1.165) is 0 Å². The monoisotopic (exact) mass is 228 g/mol. The van der Waals surface area contributed by atoms with Crippen molar-refractivity contribution >= 4 is 11.9 Å². The lowest BCUT2D eigenvalue weighted by Gasteiger charge is -2.46. The van der Waals surface area contributed by atoms with Gasteiger partial charge in [0.2, 0.25) is 5.91 Å². The average Bonchev–Trinajstić information content (AvgIpc) is 2.08. The van der Waals surface area contributed by atoms with E-state index in [-0.39, 0.29) is 23.9 Å². The van der Waals surface area contributed by atoms with E-state index in [9.17, 15) is 9.59 Å². The van der Waals surface area contributed by atoms with E-state index in [0.29, 0.717) is 13.1 Å². The van der Waals surface area contributed by atoms with Crippen LogP contribution in [0.2, 0.25) is 0 Å². The average molecular weight is 228 g/mol. The van der Waals surface area contributed by atoms with Crippen molar-refractivity contribution in [3.8, 4) is 0 Å². The molecule has 1 N–H and O–H groups in total. The molecule has 1 aliphatic heterocycles. The molecule has 1 rings (SSSR count). The van der Waals surface area contributed by atoms with Crippen LogP contribution in [0.25, 0.3) is 0 Å². The minimum atomic E-state index is -0.818. The van der Waals surface area contributed by atoms with Gasteiger partial charge in [0.05, 0.1) is 13.0 Å². The van der Waals surface area contributed by atoms with Crippen LogP contribution in [-0.2, 0) is 9.59 Å². The Morgan fingerprint density at radius 3 is 2.50 bits per heavy atom. The van der Waals surface area contributed by atoms with Gasteiger partial charge in [-0.1, -0.05) is 0 Å². The van der Waals surface area contributed by atoms with Gasteiger partial charge in [0, 0.05) is 25.2 Å². The van der Waals surface area contributed by atoms with Crippen LogP contribution in [0.3, 0.4) is 0 Å². The summed E-state index contributed by atoms with van der Waals surface area (Å²) in [5, 5.41) is 8.87. The summed E-state index contributed by atoms with van der Waals surface area (Å²) in [7, 11) is 1.72. The first-order chi connectivity index (χ1) is 7.21. The number of aliphatic carboxylic acids is 1. The number of hydrogen-bond donors (Lipinski definition) is 1. The first kappa shape index (κ1) is 13.0. The third kappa shape index (κ3) is 2.95. The number of rotatable bonds is 2. The zero-order valence-electron chi connectivity index (χ0n) is 10.4. The van der Waals surface area contributed by atoms with Gasteiger partial charge < -0.3 is 10.0 Å². The Morgan fingerprint density at radius 1 is 1.50 bits per heavy atom. The third-order valence-corrected chi connectivity index (χ3v) is 2.93. The summed E-state index contributed by atoms with van der Waals surface area (Å²) in [4.78, 5) is 26.0. The molecule has 5 nitrogen and oxygen atoms in total. The summed E-state index contributed by atoms with van der Waals surface area (Å²) in [6.45, 7) is 6.79. The summed E-state index contributed by atoms with van der Waals surface area (Å²) < 4.78 is 0. The molecule has 1 amide bonds. The van der Waals surface area contributed by atoms with Crippen LogP contribution < -0.4 is 0 Å². The molecule has 1 aliphatic rings.